The molecule has 0 fully saturated rings. The van der Waals surface area contributed by atoms with E-state index in [1.54, 1.807) is 0 Å². The summed E-state index contributed by atoms with van der Waals surface area (Å²) in [6.07, 6.45) is -5.63. The summed E-state index contributed by atoms with van der Waals surface area (Å²) in [4.78, 5) is 20.7. The molecule has 1 atom stereocenters. The lowest BCUT2D eigenvalue weighted by Crippen LogP contribution is -2.30. The molecule has 5 N–H and O–H groups in total. The van der Waals surface area contributed by atoms with Crippen molar-refractivity contribution < 1.29 is 25.3 Å². The molecule has 0 amide bonds. The maximum absolute atomic E-state index is 10.5. The van der Waals surface area contributed by atoms with Gasteiger partial charge >= 0.3 is 11.9 Å². The van der Waals surface area contributed by atoms with Crippen LogP contribution in [-0.4, -0.2) is 41.3 Å². The number of carbonyl (C=O) groups is 2. The molecule has 0 aromatic carbocycles. The molecule has 0 aliphatic carbocycles. The number of rotatable bonds is 8. The molecule has 0 rings (SSSR count). The van der Waals surface area contributed by atoms with Gasteiger partial charge in [-0.05, 0) is 19.3 Å². The minimum absolute atomic E-state index is 0.513. The predicted octanol–water partition coefficient (Wildman–Crippen LogP) is -0.757. The molecule has 0 aromatic rings. The molecule has 6 heteroatoms. The number of hydrogen-bond donors (Lipinski definition) is 4. The van der Waals surface area contributed by atoms with Crippen molar-refractivity contribution in [2.24, 2.45) is 5.73 Å². The van der Waals surface area contributed by atoms with Gasteiger partial charge in [-0.2, -0.15) is 0 Å². The Kier molecular flexibility index (Phi) is 3.74. The molecular weight excluding hydrogens is 188 g/mol. The number of aliphatic carboxylic acids is 2. The van der Waals surface area contributed by atoms with E-state index >= 15 is 0 Å². The highest BCUT2D eigenvalue weighted by Gasteiger charge is 2.09. The molecule has 82 valence electrons. The van der Waals surface area contributed by atoms with Crippen LogP contribution >= 0.6 is 0 Å². The lowest BCUT2D eigenvalue weighted by Gasteiger charge is -2.05. The third-order valence-corrected chi connectivity index (χ3v) is 1.25. The van der Waals surface area contributed by atoms with Crippen LogP contribution in [0.15, 0.2) is 0 Å². The largest absolute Gasteiger partial charge is 0.480 e. The molecular formula is C8H16N2O4. The molecule has 0 radical (unpaired) electrons. The van der Waals surface area contributed by atoms with Gasteiger partial charge in [-0.15, -0.1) is 0 Å². The number of carboxylic acid groups (broad SMARTS) is 2. The van der Waals surface area contributed by atoms with Crippen molar-refractivity contribution in [2.75, 3.05) is 13.1 Å². The number of nitrogens with two attached hydrogens (primary N) is 1. The van der Waals surface area contributed by atoms with Crippen molar-refractivity contribution in [1.29, 1.82) is 0 Å². The fraction of sp³-hybridized carbons (Fsp3) is 0.750. The topological polar surface area (TPSA) is 113 Å². The van der Waals surface area contributed by atoms with Crippen LogP contribution in [0, 0.1) is 0 Å². The van der Waals surface area contributed by atoms with Gasteiger partial charge in [-0.3, -0.25) is 9.59 Å². The summed E-state index contributed by atoms with van der Waals surface area (Å²) < 4.78 is 30.0. The molecule has 0 heterocycles. The molecule has 0 spiro atoms. The Bertz CT molecular complexity index is 324. The minimum atomic E-state index is -2.49. The van der Waals surface area contributed by atoms with E-state index in [4.69, 9.17) is 21.4 Å². The first kappa shape index (κ1) is 7.19. The van der Waals surface area contributed by atoms with Crippen molar-refractivity contribution in [3.63, 3.8) is 0 Å². The molecule has 14 heavy (non-hydrogen) atoms. The van der Waals surface area contributed by atoms with Gasteiger partial charge in [-0.1, -0.05) is 6.37 Å². The van der Waals surface area contributed by atoms with Gasteiger partial charge in [0.1, 0.15) is 6.04 Å². The standard InChI is InChI=1S/C8H16N2O4/c9-6(8(13)14)3-1-2-4-10-5-7(11)12/h6,10H,1-5,9H2,(H,11,12)(H,13,14)/t6-/m1/s1/i1D2,2D2. The Labute approximate surface area is 87.7 Å². The Morgan fingerprint density at radius 2 is 2.07 bits per heavy atom. The monoisotopic (exact) mass is 208 g/mol. The van der Waals surface area contributed by atoms with Gasteiger partial charge in [0.2, 0.25) is 0 Å². The van der Waals surface area contributed by atoms with Crippen molar-refractivity contribution in [1.82, 2.24) is 5.32 Å². The first-order valence-electron chi connectivity index (χ1n) is 5.90. The van der Waals surface area contributed by atoms with Crippen LogP contribution in [-0.2, 0) is 9.59 Å². The number of carboxylic acids is 2. The van der Waals surface area contributed by atoms with E-state index in [9.17, 15) is 9.59 Å². The molecule has 0 aliphatic rings. The zero-order valence-corrected chi connectivity index (χ0v) is 7.49. The van der Waals surface area contributed by atoms with Crippen molar-refractivity contribution >= 4 is 11.9 Å². The predicted molar refractivity (Wildman–Crippen MR) is 50.0 cm³/mol. The molecule has 0 saturated heterocycles. The zero-order chi connectivity index (χ0) is 14.6. The summed E-state index contributed by atoms with van der Waals surface area (Å²) in [6, 6.07) is -1.52. The molecule has 0 bridgehead atoms. The molecule has 0 aliphatic heterocycles. The van der Waals surface area contributed by atoms with Gasteiger partial charge in [0.05, 0.1) is 6.54 Å². The fourth-order valence-corrected chi connectivity index (χ4v) is 0.564. The number of nitrogens with one attached hydrogen (secondary N) is 1. The highest BCUT2D eigenvalue weighted by Crippen LogP contribution is 1.97. The van der Waals surface area contributed by atoms with Crippen molar-refractivity contribution in [3.05, 3.63) is 0 Å². The van der Waals surface area contributed by atoms with Gasteiger partial charge < -0.3 is 21.3 Å². The van der Waals surface area contributed by atoms with E-state index in [2.05, 4.69) is 5.32 Å². The molecule has 0 saturated carbocycles. The SMILES string of the molecule is [2H]C([2H])(CNCC(=O)O)C([2H])([2H])C[C@@H](N)C(=O)O. The van der Waals surface area contributed by atoms with E-state index in [1.807, 2.05) is 0 Å². The average molecular weight is 208 g/mol. The smallest absolute Gasteiger partial charge is 0.320 e. The van der Waals surface area contributed by atoms with Crippen molar-refractivity contribution in [2.45, 2.75) is 25.2 Å². The quantitative estimate of drug-likeness (QED) is 0.417. The van der Waals surface area contributed by atoms with Crippen LogP contribution in [0.1, 0.15) is 24.6 Å². The first-order chi connectivity index (χ1) is 7.99. The maximum atomic E-state index is 10.5. The van der Waals surface area contributed by atoms with Crippen molar-refractivity contribution in [3.8, 4) is 0 Å². The summed E-state index contributed by atoms with van der Waals surface area (Å²) in [5.74, 6) is -2.62. The minimum Gasteiger partial charge on any atom is -0.480 e. The highest BCUT2D eigenvalue weighted by atomic mass is 16.4. The third-order valence-electron chi connectivity index (χ3n) is 1.25. The summed E-state index contributed by atoms with van der Waals surface area (Å²) in [7, 11) is 0. The summed E-state index contributed by atoms with van der Waals surface area (Å²) >= 11 is 0. The second kappa shape index (κ2) is 7.28. The Hall–Kier alpha value is -1.14. The van der Waals surface area contributed by atoms with Crippen LogP contribution in [0.25, 0.3) is 0 Å². The zero-order valence-electron chi connectivity index (χ0n) is 11.5. The summed E-state index contributed by atoms with van der Waals surface area (Å²) in [5, 5.41) is 19.1. The molecule has 0 aromatic heterocycles. The van der Waals surface area contributed by atoms with E-state index in [0.29, 0.717) is 0 Å². The second-order valence-electron chi connectivity index (χ2n) is 2.50. The van der Waals surface area contributed by atoms with Gasteiger partial charge in [-0.25, -0.2) is 0 Å². The number of hydrogen-bond acceptors (Lipinski definition) is 4. The van der Waals surface area contributed by atoms with Gasteiger partial charge in [0, 0.05) is 5.48 Å². The second-order valence-corrected chi connectivity index (χ2v) is 2.50. The Balaban J connectivity index is 4.54. The van der Waals surface area contributed by atoms with Crippen LogP contribution in [0.4, 0.5) is 0 Å². The van der Waals surface area contributed by atoms with Crippen LogP contribution in [0.2, 0.25) is 0 Å². The van der Waals surface area contributed by atoms with E-state index in [1.165, 1.54) is 0 Å². The molecule has 0 unspecified atom stereocenters. The maximum Gasteiger partial charge on any atom is 0.320 e. The van der Waals surface area contributed by atoms with Crippen LogP contribution in [0.5, 0.6) is 0 Å². The lowest BCUT2D eigenvalue weighted by atomic mass is 10.1. The average Bonchev–Trinajstić information content (AvgIpc) is 2.15. The van der Waals surface area contributed by atoms with Crippen LogP contribution in [0.3, 0.4) is 0 Å². The summed E-state index contributed by atoms with van der Waals surface area (Å²) in [6.45, 7) is -1.07. The van der Waals surface area contributed by atoms with Gasteiger partial charge in [0.25, 0.3) is 0 Å². The van der Waals surface area contributed by atoms with Crippen LogP contribution < -0.4 is 11.1 Å². The summed E-state index contributed by atoms with van der Waals surface area (Å²) in [5.41, 5.74) is 5.16. The van der Waals surface area contributed by atoms with Gasteiger partial charge in [0.15, 0.2) is 0 Å². The fourth-order valence-electron chi connectivity index (χ4n) is 0.564. The van der Waals surface area contributed by atoms with E-state index in [-0.39, 0.29) is 0 Å². The molecule has 6 nitrogen and oxygen atoms in total. The highest BCUT2D eigenvalue weighted by molar-refractivity contribution is 5.72. The Morgan fingerprint density at radius 1 is 1.43 bits per heavy atom. The third kappa shape index (κ3) is 7.51. The Morgan fingerprint density at radius 3 is 2.57 bits per heavy atom. The normalized spacial score (nSPS) is 18.6. The van der Waals surface area contributed by atoms with E-state index < -0.39 is 50.2 Å². The van der Waals surface area contributed by atoms with E-state index in [0.717, 1.165) is 0 Å². The lowest BCUT2D eigenvalue weighted by molar-refractivity contribution is -0.138. The first-order valence-corrected chi connectivity index (χ1v) is 3.90.